The smallest absolute Gasteiger partial charge is 0.261 e. The monoisotopic (exact) mass is 478 g/mol. The van der Waals surface area contributed by atoms with E-state index in [1.54, 1.807) is 37.5 Å². The van der Waals surface area contributed by atoms with Crippen LogP contribution < -0.4 is 10.1 Å². The van der Waals surface area contributed by atoms with Gasteiger partial charge in [-0.05, 0) is 72.4 Å². The fourth-order valence-electron chi connectivity index (χ4n) is 4.39. The molecule has 0 bridgehead atoms. The first-order chi connectivity index (χ1) is 16.8. The third kappa shape index (κ3) is 5.91. The lowest BCUT2D eigenvalue weighted by molar-refractivity contribution is -0.134. The zero-order valence-corrected chi connectivity index (χ0v) is 20.3. The Hall–Kier alpha value is -3.61. The van der Waals surface area contributed by atoms with Gasteiger partial charge in [0.15, 0.2) is 6.10 Å². The number of carbonyl (C=O) groups is 2. The summed E-state index contributed by atoms with van der Waals surface area (Å²) in [5, 5.41) is 2.80. The summed E-state index contributed by atoms with van der Waals surface area (Å²) in [4.78, 5) is 27.6. The van der Waals surface area contributed by atoms with Crippen LogP contribution in [0.25, 0.3) is 0 Å². The molecule has 0 radical (unpaired) electrons. The Bertz CT molecular complexity index is 1160. The Morgan fingerprint density at radius 1 is 1.14 bits per heavy atom. The third-order valence-electron chi connectivity index (χ3n) is 6.13. The average molecular weight is 479 g/mol. The Kier molecular flexibility index (Phi) is 7.54. The molecule has 0 fully saturated rings. The summed E-state index contributed by atoms with van der Waals surface area (Å²) in [5.74, 6) is 0.909. The number of hydrogen-bond acceptors (Lipinski definition) is 4. The van der Waals surface area contributed by atoms with Gasteiger partial charge in [0.05, 0.1) is 18.8 Å². The molecule has 1 aliphatic rings. The van der Waals surface area contributed by atoms with Crippen LogP contribution in [0.4, 0.5) is 4.39 Å². The van der Waals surface area contributed by atoms with Crippen molar-refractivity contribution in [3.05, 3.63) is 89.1 Å². The van der Waals surface area contributed by atoms with Crippen LogP contribution in [0.2, 0.25) is 0 Å². The molecule has 0 spiro atoms. The van der Waals surface area contributed by atoms with Crippen LogP contribution in [0.1, 0.15) is 55.7 Å². The van der Waals surface area contributed by atoms with Crippen LogP contribution in [0.15, 0.2) is 65.3 Å². The SMILES string of the molecule is CC(C)CC(=O)N1CCc2ccc(OC(C)C(=O)NCc3ccco3)cc2C1c1ccc(F)cc1. The standard InChI is InChI=1S/C28H31FN2O4/c1-18(2)15-26(32)31-13-12-20-8-11-23(16-25(20)27(31)21-6-9-22(29)10-7-21)35-19(3)28(33)30-17-24-5-4-14-34-24/h4-11,14,16,18-19,27H,12-13,15,17H2,1-3H3,(H,30,33). The van der Waals surface area contributed by atoms with E-state index in [1.807, 2.05) is 36.9 Å². The predicted molar refractivity (Wildman–Crippen MR) is 130 cm³/mol. The second-order valence-corrected chi connectivity index (χ2v) is 9.31. The van der Waals surface area contributed by atoms with Gasteiger partial charge in [-0.25, -0.2) is 4.39 Å². The van der Waals surface area contributed by atoms with Crippen molar-refractivity contribution in [2.45, 2.75) is 52.3 Å². The van der Waals surface area contributed by atoms with E-state index in [0.29, 0.717) is 24.5 Å². The van der Waals surface area contributed by atoms with E-state index in [9.17, 15) is 14.0 Å². The Morgan fingerprint density at radius 3 is 2.60 bits per heavy atom. The fourth-order valence-corrected chi connectivity index (χ4v) is 4.39. The highest BCUT2D eigenvalue weighted by Gasteiger charge is 2.32. The van der Waals surface area contributed by atoms with Crippen molar-refractivity contribution in [3.63, 3.8) is 0 Å². The minimum Gasteiger partial charge on any atom is -0.481 e. The Labute approximate surface area is 205 Å². The minimum atomic E-state index is -0.727. The number of benzene rings is 2. The van der Waals surface area contributed by atoms with Gasteiger partial charge in [-0.2, -0.15) is 0 Å². The molecule has 0 aliphatic carbocycles. The first-order valence-electron chi connectivity index (χ1n) is 12.0. The highest BCUT2D eigenvalue weighted by atomic mass is 19.1. The molecule has 35 heavy (non-hydrogen) atoms. The first-order valence-corrected chi connectivity index (χ1v) is 12.0. The summed E-state index contributed by atoms with van der Waals surface area (Å²) < 4.78 is 24.9. The summed E-state index contributed by atoms with van der Waals surface area (Å²) in [6, 6.07) is 15.2. The molecule has 7 heteroatoms. The summed E-state index contributed by atoms with van der Waals surface area (Å²) >= 11 is 0. The largest absolute Gasteiger partial charge is 0.481 e. The number of nitrogens with one attached hydrogen (secondary N) is 1. The van der Waals surface area contributed by atoms with Crippen molar-refractivity contribution in [1.29, 1.82) is 0 Å². The topological polar surface area (TPSA) is 71.8 Å². The van der Waals surface area contributed by atoms with Gasteiger partial charge in [0, 0.05) is 13.0 Å². The maximum absolute atomic E-state index is 13.7. The molecular weight excluding hydrogens is 447 g/mol. The number of halogens is 1. The predicted octanol–water partition coefficient (Wildman–Crippen LogP) is 5.02. The molecule has 184 valence electrons. The Morgan fingerprint density at radius 2 is 1.91 bits per heavy atom. The van der Waals surface area contributed by atoms with E-state index in [-0.39, 0.29) is 36.1 Å². The van der Waals surface area contributed by atoms with E-state index >= 15 is 0 Å². The van der Waals surface area contributed by atoms with Crippen molar-refractivity contribution >= 4 is 11.8 Å². The first kappa shape index (κ1) is 24.5. The van der Waals surface area contributed by atoms with Crippen molar-refractivity contribution in [2.75, 3.05) is 6.54 Å². The van der Waals surface area contributed by atoms with Gasteiger partial charge in [-0.1, -0.05) is 32.0 Å². The molecule has 1 N–H and O–H groups in total. The number of fused-ring (bicyclic) bond motifs is 1. The van der Waals surface area contributed by atoms with E-state index in [0.717, 1.165) is 23.1 Å². The summed E-state index contributed by atoms with van der Waals surface area (Å²) in [6.07, 6.45) is 1.99. The quantitative estimate of drug-likeness (QED) is 0.493. The molecule has 2 aromatic carbocycles. The second-order valence-electron chi connectivity index (χ2n) is 9.31. The molecule has 2 amide bonds. The highest BCUT2D eigenvalue weighted by Crippen LogP contribution is 2.38. The van der Waals surface area contributed by atoms with Gasteiger partial charge >= 0.3 is 0 Å². The molecule has 0 saturated carbocycles. The number of furan rings is 1. The van der Waals surface area contributed by atoms with Crippen LogP contribution >= 0.6 is 0 Å². The fraction of sp³-hybridized carbons (Fsp3) is 0.357. The van der Waals surface area contributed by atoms with Crippen LogP contribution in [-0.4, -0.2) is 29.4 Å². The molecule has 2 heterocycles. The van der Waals surface area contributed by atoms with Crippen LogP contribution in [0, 0.1) is 11.7 Å². The molecule has 0 saturated heterocycles. The second kappa shape index (κ2) is 10.8. The maximum Gasteiger partial charge on any atom is 0.261 e. The lowest BCUT2D eigenvalue weighted by atomic mass is 9.87. The van der Waals surface area contributed by atoms with E-state index in [2.05, 4.69) is 5.32 Å². The number of carbonyl (C=O) groups excluding carboxylic acids is 2. The van der Waals surface area contributed by atoms with Gasteiger partial charge in [0.1, 0.15) is 17.3 Å². The van der Waals surface area contributed by atoms with Gasteiger partial charge in [-0.15, -0.1) is 0 Å². The Balaban J connectivity index is 1.57. The zero-order valence-electron chi connectivity index (χ0n) is 20.3. The average Bonchev–Trinajstić information content (AvgIpc) is 3.35. The molecule has 3 aromatic rings. The minimum absolute atomic E-state index is 0.0666. The zero-order chi connectivity index (χ0) is 24.9. The van der Waals surface area contributed by atoms with Gasteiger partial charge in [0.25, 0.3) is 5.91 Å². The molecule has 2 atom stereocenters. The number of ether oxygens (including phenoxy) is 1. The maximum atomic E-state index is 13.7. The summed E-state index contributed by atoms with van der Waals surface area (Å²) in [6.45, 7) is 6.60. The normalized spacial score (nSPS) is 16.0. The van der Waals surface area contributed by atoms with Crippen molar-refractivity contribution < 1.29 is 23.1 Å². The molecule has 6 nitrogen and oxygen atoms in total. The van der Waals surface area contributed by atoms with Crippen molar-refractivity contribution in [2.24, 2.45) is 5.92 Å². The number of nitrogens with zero attached hydrogens (tertiary/aromatic N) is 1. The van der Waals surface area contributed by atoms with E-state index < -0.39 is 6.10 Å². The molecule has 1 aromatic heterocycles. The van der Waals surface area contributed by atoms with Crippen LogP contribution in [0.5, 0.6) is 5.75 Å². The number of rotatable bonds is 8. The molecule has 4 rings (SSSR count). The third-order valence-corrected chi connectivity index (χ3v) is 6.13. The van der Waals surface area contributed by atoms with Crippen LogP contribution in [0.3, 0.4) is 0 Å². The van der Waals surface area contributed by atoms with Gasteiger partial charge < -0.3 is 19.4 Å². The summed E-state index contributed by atoms with van der Waals surface area (Å²) in [5.41, 5.74) is 2.88. The molecule has 1 aliphatic heterocycles. The lowest BCUT2D eigenvalue weighted by Gasteiger charge is -2.38. The van der Waals surface area contributed by atoms with Crippen molar-refractivity contribution in [3.8, 4) is 5.75 Å². The highest BCUT2D eigenvalue weighted by molar-refractivity contribution is 5.80. The lowest BCUT2D eigenvalue weighted by Crippen LogP contribution is -2.41. The van der Waals surface area contributed by atoms with Crippen LogP contribution in [-0.2, 0) is 22.6 Å². The van der Waals surface area contributed by atoms with Gasteiger partial charge in [0.2, 0.25) is 5.91 Å². The van der Waals surface area contributed by atoms with Crippen molar-refractivity contribution in [1.82, 2.24) is 10.2 Å². The van der Waals surface area contributed by atoms with E-state index in [1.165, 1.54) is 12.1 Å². The molecule has 2 unspecified atom stereocenters. The van der Waals surface area contributed by atoms with Gasteiger partial charge in [-0.3, -0.25) is 9.59 Å². The number of amides is 2. The summed E-state index contributed by atoms with van der Waals surface area (Å²) in [7, 11) is 0. The number of hydrogen-bond donors (Lipinski definition) is 1. The molecular formula is C28H31FN2O4. The van der Waals surface area contributed by atoms with E-state index in [4.69, 9.17) is 9.15 Å².